The van der Waals surface area contributed by atoms with Gasteiger partial charge in [-0.05, 0) is 31.5 Å². The number of rotatable bonds is 3. The van der Waals surface area contributed by atoms with E-state index >= 15 is 0 Å². The Labute approximate surface area is 105 Å². The molecular formula is C12H16N4O2. The molecule has 6 nitrogen and oxygen atoms in total. The van der Waals surface area contributed by atoms with Crippen molar-refractivity contribution < 1.29 is 9.59 Å². The van der Waals surface area contributed by atoms with Crippen molar-refractivity contribution in [1.29, 1.82) is 0 Å². The Kier molecular flexibility index (Phi) is 2.94. The molecule has 0 radical (unpaired) electrons. The minimum absolute atomic E-state index is 0.213. The normalized spacial score (nSPS) is 17.8. The van der Waals surface area contributed by atoms with Gasteiger partial charge in [-0.2, -0.15) is 0 Å². The molecule has 3 amide bonds. The van der Waals surface area contributed by atoms with Crippen LogP contribution in [0.15, 0.2) is 18.3 Å². The van der Waals surface area contributed by atoms with E-state index < -0.39 is 5.54 Å². The van der Waals surface area contributed by atoms with Gasteiger partial charge < -0.3 is 10.6 Å². The van der Waals surface area contributed by atoms with E-state index in [0.717, 1.165) is 5.56 Å². The molecule has 2 heterocycles. The van der Waals surface area contributed by atoms with E-state index in [1.165, 1.54) is 4.90 Å². The zero-order valence-corrected chi connectivity index (χ0v) is 10.7. The molecule has 1 aromatic rings. The summed E-state index contributed by atoms with van der Waals surface area (Å²) in [4.78, 5) is 29.0. The molecule has 0 unspecified atom stereocenters. The van der Waals surface area contributed by atoms with Crippen LogP contribution in [0.1, 0.15) is 19.4 Å². The van der Waals surface area contributed by atoms with Crippen LogP contribution in [-0.4, -0.2) is 34.4 Å². The zero-order valence-electron chi connectivity index (χ0n) is 10.7. The Hall–Kier alpha value is -2.11. The highest BCUT2D eigenvalue weighted by atomic mass is 16.2. The van der Waals surface area contributed by atoms with Crippen LogP contribution in [0, 0.1) is 0 Å². The molecule has 18 heavy (non-hydrogen) atoms. The van der Waals surface area contributed by atoms with Gasteiger partial charge in [-0.15, -0.1) is 0 Å². The van der Waals surface area contributed by atoms with Gasteiger partial charge in [-0.25, -0.2) is 9.78 Å². The lowest BCUT2D eigenvalue weighted by atomic mass is 10.1. The van der Waals surface area contributed by atoms with Gasteiger partial charge >= 0.3 is 6.03 Å². The van der Waals surface area contributed by atoms with Crippen molar-refractivity contribution >= 4 is 17.8 Å². The highest BCUT2D eigenvalue weighted by molar-refractivity contribution is 6.06. The lowest BCUT2D eigenvalue weighted by Gasteiger charge is -2.16. The average Bonchev–Trinajstić information content (AvgIpc) is 2.52. The molecule has 96 valence electrons. The number of urea groups is 1. The highest BCUT2D eigenvalue weighted by Crippen LogP contribution is 2.19. The molecule has 1 aliphatic rings. The van der Waals surface area contributed by atoms with Gasteiger partial charge in [0.25, 0.3) is 5.91 Å². The molecule has 1 saturated heterocycles. The number of pyridine rings is 1. The lowest BCUT2D eigenvalue weighted by molar-refractivity contribution is -0.130. The summed E-state index contributed by atoms with van der Waals surface area (Å²) in [5, 5.41) is 5.56. The zero-order chi connectivity index (χ0) is 13.3. The topological polar surface area (TPSA) is 74.3 Å². The molecule has 2 N–H and O–H groups in total. The van der Waals surface area contributed by atoms with E-state index in [-0.39, 0.29) is 18.5 Å². The van der Waals surface area contributed by atoms with Crippen molar-refractivity contribution in [1.82, 2.24) is 15.2 Å². The third kappa shape index (κ3) is 2.13. The highest BCUT2D eigenvalue weighted by Gasteiger charge is 2.43. The maximum absolute atomic E-state index is 12.0. The Morgan fingerprint density at radius 3 is 2.72 bits per heavy atom. The molecule has 1 aromatic heterocycles. The van der Waals surface area contributed by atoms with E-state index in [1.54, 1.807) is 33.2 Å². The number of nitrogens with one attached hydrogen (secondary N) is 2. The van der Waals surface area contributed by atoms with Crippen LogP contribution < -0.4 is 10.6 Å². The number of carbonyl (C=O) groups excluding carboxylic acids is 2. The van der Waals surface area contributed by atoms with E-state index in [1.807, 2.05) is 6.07 Å². The second-order valence-corrected chi connectivity index (χ2v) is 4.75. The van der Waals surface area contributed by atoms with E-state index in [2.05, 4.69) is 15.6 Å². The van der Waals surface area contributed by atoms with Crippen molar-refractivity contribution in [2.75, 3.05) is 12.4 Å². The number of hydrogen-bond donors (Lipinski definition) is 2. The monoisotopic (exact) mass is 248 g/mol. The summed E-state index contributed by atoms with van der Waals surface area (Å²) < 4.78 is 0. The number of imide groups is 1. The fourth-order valence-electron chi connectivity index (χ4n) is 1.85. The minimum Gasteiger partial charge on any atom is -0.373 e. The van der Waals surface area contributed by atoms with Gasteiger partial charge in [-0.3, -0.25) is 9.69 Å². The first-order valence-electron chi connectivity index (χ1n) is 5.71. The molecule has 0 aliphatic carbocycles. The van der Waals surface area contributed by atoms with Crippen LogP contribution in [0.3, 0.4) is 0 Å². The average molecular weight is 248 g/mol. The van der Waals surface area contributed by atoms with Gasteiger partial charge in [-0.1, -0.05) is 0 Å². The fraction of sp³-hybridized carbons (Fsp3) is 0.417. The quantitative estimate of drug-likeness (QED) is 0.781. The summed E-state index contributed by atoms with van der Waals surface area (Å²) >= 11 is 0. The smallest absolute Gasteiger partial charge is 0.325 e. The van der Waals surface area contributed by atoms with Crippen molar-refractivity contribution in [2.24, 2.45) is 0 Å². The molecule has 1 fully saturated rings. The predicted octanol–water partition coefficient (Wildman–Crippen LogP) is 0.954. The second-order valence-electron chi connectivity index (χ2n) is 4.75. The number of aromatic nitrogens is 1. The summed E-state index contributed by atoms with van der Waals surface area (Å²) in [6.45, 7) is 3.64. The van der Waals surface area contributed by atoms with E-state index in [4.69, 9.17) is 0 Å². The second kappa shape index (κ2) is 4.29. The largest absolute Gasteiger partial charge is 0.373 e. The Morgan fingerprint density at radius 1 is 1.44 bits per heavy atom. The summed E-state index contributed by atoms with van der Waals surface area (Å²) in [7, 11) is 1.77. The first-order chi connectivity index (χ1) is 8.44. The SMILES string of the molecule is CNc1cc(CN2C(=O)NC(C)(C)C2=O)ccn1. The Bertz CT molecular complexity index is 499. The number of nitrogens with zero attached hydrogens (tertiary/aromatic N) is 2. The van der Waals surface area contributed by atoms with Gasteiger partial charge in [0.1, 0.15) is 11.4 Å². The molecule has 2 rings (SSSR count). The first kappa shape index (κ1) is 12.3. The van der Waals surface area contributed by atoms with Crippen LogP contribution in [0.5, 0.6) is 0 Å². The van der Waals surface area contributed by atoms with Crippen molar-refractivity contribution in [3.63, 3.8) is 0 Å². The molecule has 0 atom stereocenters. The third-order valence-corrected chi connectivity index (χ3v) is 2.87. The fourth-order valence-corrected chi connectivity index (χ4v) is 1.85. The summed E-state index contributed by atoms with van der Waals surface area (Å²) in [5.74, 6) is 0.495. The molecular weight excluding hydrogens is 232 g/mol. The maximum atomic E-state index is 12.0. The predicted molar refractivity (Wildman–Crippen MR) is 66.9 cm³/mol. The Balaban J connectivity index is 2.19. The van der Waals surface area contributed by atoms with Crippen molar-refractivity contribution in [3.05, 3.63) is 23.9 Å². The van der Waals surface area contributed by atoms with E-state index in [9.17, 15) is 9.59 Å². The number of amides is 3. The van der Waals surface area contributed by atoms with Crippen LogP contribution in [0.2, 0.25) is 0 Å². The number of anilines is 1. The summed E-state index contributed by atoms with van der Waals surface area (Å²) in [6, 6.07) is 3.24. The van der Waals surface area contributed by atoms with Gasteiger partial charge in [0.05, 0.1) is 6.54 Å². The van der Waals surface area contributed by atoms with Gasteiger partial charge in [0.2, 0.25) is 0 Å². The molecule has 1 aliphatic heterocycles. The van der Waals surface area contributed by atoms with Gasteiger partial charge in [0, 0.05) is 13.2 Å². The van der Waals surface area contributed by atoms with Crippen molar-refractivity contribution in [2.45, 2.75) is 25.9 Å². The summed E-state index contributed by atoms with van der Waals surface area (Å²) in [5.41, 5.74) is 0.0335. The van der Waals surface area contributed by atoms with E-state index in [0.29, 0.717) is 5.82 Å². The lowest BCUT2D eigenvalue weighted by Crippen LogP contribution is -2.40. The first-order valence-corrected chi connectivity index (χ1v) is 5.71. The molecule has 0 aromatic carbocycles. The van der Waals surface area contributed by atoms with Crippen molar-refractivity contribution in [3.8, 4) is 0 Å². The summed E-state index contributed by atoms with van der Waals surface area (Å²) in [6.07, 6.45) is 1.64. The molecule has 0 bridgehead atoms. The maximum Gasteiger partial charge on any atom is 0.325 e. The van der Waals surface area contributed by atoms with Crippen LogP contribution in [-0.2, 0) is 11.3 Å². The number of hydrogen-bond acceptors (Lipinski definition) is 4. The molecule has 6 heteroatoms. The minimum atomic E-state index is -0.823. The van der Waals surface area contributed by atoms with Crippen LogP contribution >= 0.6 is 0 Å². The van der Waals surface area contributed by atoms with Gasteiger partial charge in [0.15, 0.2) is 0 Å². The van der Waals surface area contributed by atoms with Crippen LogP contribution in [0.25, 0.3) is 0 Å². The van der Waals surface area contributed by atoms with Crippen LogP contribution in [0.4, 0.5) is 10.6 Å². The number of carbonyl (C=O) groups is 2. The Morgan fingerprint density at radius 2 is 2.17 bits per heavy atom. The standard InChI is InChI=1S/C12H16N4O2/c1-12(2)10(17)16(11(18)15-12)7-8-4-5-14-9(6-8)13-3/h4-6H,7H2,1-3H3,(H,13,14)(H,15,18). The molecule has 0 saturated carbocycles. The molecule has 0 spiro atoms. The third-order valence-electron chi connectivity index (χ3n) is 2.87.